The highest BCUT2D eigenvalue weighted by atomic mass is 32.2. The van der Waals surface area contributed by atoms with Crippen LogP contribution in [0.5, 0.6) is 5.75 Å². The van der Waals surface area contributed by atoms with Gasteiger partial charge in [0.25, 0.3) is 0 Å². The predicted molar refractivity (Wildman–Crippen MR) is 109 cm³/mol. The first-order valence-electron chi connectivity index (χ1n) is 9.57. The Morgan fingerprint density at radius 1 is 1.07 bits per heavy atom. The van der Waals surface area contributed by atoms with E-state index in [-0.39, 0.29) is 12.4 Å². The summed E-state index contributed by atoms with van der Waals surface area (Å²) in [5.74, 6) is 0.749. The largest absolute Gasteiger partial charge is 0.492 e. The van der Waals surface area contributed by atoms with Crippen molar-refractivity contribution in [1.82, 2.24) is 9.21 Å². The third kappa shape index (κ3) is 4.54. The van der Waals surface area contributed by atoms with E-state index in [0.29, 0.717) is 24.9 Å². The average Bonchev–Trinajstić information content (AvgIpc) is 3.17. The Bertz CT molecular complexity index is 843. The molecule has 1 saturated heterocycles. The molecule has 146 valence electrons. The van der Waals surface area contributed by atoms with Gasteiger partial charge in [0, 0.05) is 37.1 Å². The highest BCUT2D eigenvalue weighted by Gasteiger charge is 2.32. The van der Waals surface area contributed by atoms with E-state index in [4.69, 9.17) is 4.74 Å². The zero-order chi connectivity index (χ0) is 18.7. The van der Waals surface area contributed by atoms with E-state index in [1.165, 1.54) is 10.4 Å². The first kappa shape index (κ1) is 18.9. The second kappa shape index (κ2) is 8.31. The third-order valence-electron chi connectivity index (χ3n) is 5.52. The molecule has 27 heavy (non-hydrogen) atoms. The molecule has 7 heteroatoms. The minimum absolute atomic E-state index is 0.0362. The Hall–Kier alpha value is -1.41. The van der Waals surface area contributed by atoms with E-state index >= 15 is 0 Å². The number of benzene rings is 1. The number of hydrogen-bond acceptors (Lipinski definition) is 5. The van der Waals surface area contributed by atoms with Gasteiger partial charge in [-0.1, -0.05) is 18.2 Å². The molecule has 4 rings (SSSR count). The summed E-state index contributed by atoms with van der Waals surface area (Å²) in [6, 6.07) is 12.1. The predicted octanol–water partition coefficient (Wildman–Crippen LogP) is 2.98. The van der Waals surface area contributed by atoms with Crippen LogP contribution in [0.15, 0.2) is 41.8 Å². The summed E-state index contributed by atoms with van der Waals surface area (Å²) in [7, 11) is -3.26. The zero-order valence-corrected chi connectivity index (χ0v) is 17.1. The van der Waals surface area contributed by atoms with Crippen molar-refractivity contribution < 1.29 is 13.2 Å². The molecule has 5 nitrogen and oxygen atoms in total. The number of rotatable bonds is 6. The van der Waals surface area contributed by atoms with E-state index in [2.05, 4.69) is 16.3 Å². The second-order valence-corrected chi connectivity index (χ2v) is 10.3. The first-order valence-corrected chi connectivity index (χ1v) is 12.1. The minimum Gasteiger partial charge on any atom is -0.492 e. The Kier molecular flexibility index (Phi) is 5.82. The van der Waals surface area contributed by atoms with Crippen LogP contribution >= 0.6 is 11.3 Å². The van der Waals surface area contributed by atoms with Crippen molar-refractivity contribution in [2.45, 2.75) is 31.8 Å². The lowest BCUT2D eigenvalue weighted by Crippen LogP contribution is -2.48. The Morgan fingerprint density at radius 2 is 1.85 bits per heavy atom. The topological polar surface area (TPSA) is 49.9 Å². The van der Waals surface area contributed by atoms with Crippen LogP contribution in [0.25, 0.3) is 0 Å². The van der Waals surface area contributed by atoms with Crippen LogP contribution in [0.1, 0.15) is 23.3 Å². The lowest BCUT2D eigenvalue weighted by Gasteiger charge is -2.39. The number of hydrogen-bond donors (Lipinski definition) is 0. The number of fused-ring (bicyclic) bond motifs is 1. The maximum absolute atomic E-state index is 12.6. The maximum Gasteiger partial charge on any atom is 0.217 e. The van der Waals surface area contributed by atoms with E-state index in [9.17, 15) is 8.42 Å². The van der Waals surface area contributed by atoms with Crippen LogP contribution in [0.3, 0.4) is 0 Å². The molecule has 3 heterocycles. The lowest BCUT2D eigenvalue weighted by atomic mass is 10.0. The second-order valence-electron chi connectivity index (χ2n) is 7.20. The van der Waals surface area contributed by atoms with Crippen molar-refractivity contribution in [1.29, 1.82) is 0 Å². The summed E-state index contributed by atoms with van der Waals surface area (Å²) < 4.78 is 32.5. The third-order valence-corrected chi connectivity index (χ3v) is 8.38. The number of piperidine rings is 1. The normalized spacial score (nSPS) is 19.7. The monoisotopic (exact) mass is 406 g/mol. The van der Waals surface area contributed by atoms with Crippen molar-refractivity contribution in [3.63, 3.8) is 0 Å². The molecule has 0 saturated carbocycles. The van der Waals surface area contributed by atoms with Gasteiger partial charge in [-0.3, -0.25) is 4.90 Å². The van der Waals surface area contributed by atoms with Gasteiger partial charge in [0.1, 0.15) is 12.4 Å². The average molecular weight is 407 g/mol. The first-order chi connectivity index (χ1) is 13.1. The van der Waals surface area contributed by atoms with Gasteiger partial charge < -0.3 is 4.74 Å². The molecule has 0 radical (unpaired) electrons. The molecule has 0 unspecified atom stereocenters. The highest BCUT2D eigenvalue weighted by Crippen LogP contribution is 2.28. The molecule has 0 spiro atoms. The molecule has 2 aromatic rings. The number of para-hydroxylation sites is 1. The molecule has 0 amide bonds. The molecular weight excluding hydrogens is 380 g/mol. The molecule has 2 aliphatic rings. The van der Waals surface area contributed by atoms with Gasteiger partial charge in [0.2, 0.25) is 10.0 Å². The van der Waals surface area contributed by atoms with Crippen molar-refractivity contribution in [3.05, 3.63) is 52.2 Å². The van der Waals surface area contributed by atoms with Crippen molar-refractivity contribution in [3.8, 4) is 5.75 Å². The summed E-state index contributed by atoms with van der Waals surface area (Å²) in [6.07, 6.45) is 2.96. The van der Waals surface area contributed by atoms with Crippen LogP contribution in [0.2, 0.25) is 0 Å². The quantitative estimate of drug-likeness (QED) is 0.740. The molecule has 2 aliphatic heterocycles. The molecule has 1 fully saturated rings. The number of thiophene rings is 1. The Labute approximate surface area is 165 Å². The van der Waals surface area contributed by atoms with Gasteiger partial charge in [-0.25, -0.2) is 12.7 Å². The van der Waals surface area contributed by atoms with E-state index in [1.54, 1.807) is 4.31 Å². The highest BCUT2D eigenvalue weighted by molar-refractivity contribution is 7.89. The van der Waals surface area contributed by atoms with Gasteiger partial charge in [0.15, 0.2) is 0 Å². The Balaban J connectivity index is 1.26. The lowest BCUT2D eigenvalue weighted by molar-refractivity contribution is 0.127. The van der Waals surface area contributed by atoms with Gasteiger partial charge in [0.05, 0.1) is 5.75 Å². The molecule has 1 aromatic carbocycles. The van der Waals surface area contributed by atoms with Gasteiger partial charge in [-0.2, -0.15) is 0 Å². The summed E-state index contributed by atoms with van der Waals surface area (Å²) in [5, 5.41) is 2.18. The van der Waals surface area contributed by atoms with E-state index in [1.807, 2.05) is 41.7 Å². The summed E-state index contributed by atoms with van der Waals surface area (Å²) in [6.45, 7) is 3.53. The maximum atomic E-state index is 12.6. The van der Waals surface area contributed by atoms with Crippen LogP contribution in [0.4, 0.5) is 0 Å². The molecule has 0 aliphatic carbocycles. The van der Waals surface area contributed by atoms with Crippen LogP contribution in [-0.2, 0) is 23.0 Å². The SMILES string of the molecule is O=S(=O)(CCOc1ccccc1)N1CCC(N2CCc3sccc3C2)CC1. The zero-order valence-electron chi connectivity index (χ0n) is 15.4. The molecule has 0 N–H and O–H groups in total. The Morgan fingerprint density at radius 3 is 2.63 bits per heavy atom. The van der Waals surface area contributed by atoms with E-state index < -0.39 is 10.0 Å². The van der Waals surface area contributed by atoms with Gasteiger partial charge in [-0.15, -0.1) is 11.3 Å². The minimum atomic E-state index is -3.26. The molecular formula is C20H26N2O3S2. The fraction of sp³-hybridized carbons (Fsp3) is 0.500. The van der Waals surface area contributed by atoms with Crippen LogP contribution < -0.4 is 4.74 Å². The van der Waals surface area contributed by atoms with Crippen molar-refractivity contribution in [2.24, 2.45) is 0 Å². The van der Waals surface area contributed by atoms with Crippen molar-refractivity contribution >= 4 is 21.4 Å². The standard InChI is InChI=1S/C20H26N2O3S2/c23-27(24,15-13-25-19-4-2-1-3-5-19)22-11-6-18(7-12-22)21-10-8-20-17(16-21)9-14-26-20/h1-5,9,14,18H,6-8,10-13,15-16H2. The van der Waals surface area contributed by atoms with Crippen LogP contribution in [0, 0.1) is 0 Å². The molecule has 0 atom stereocenters. The summed E-state index contributed by atoms with van der Waals surface area (Å²) >= 11 is 1.86. The fourth-order valence-electron chi connectivity index (χ4n) is 3.98. The van der Waals surface area contributed by atoms with E-state index in [0.717, 1.165) is 32.4 Å². The number of ether oxygens (including phenoxy) is 1. The molecule has 1 aromatic heterocycles. The number of sulfonamides is 1. The van der Waals surface area contributed by atoms with Gasteiger partial charge in [-0.05, 0) is 48.4 Å². The van der Waals surface area contributed by atoms with Crippen LogP contribution in [-0.4, -0.2) is 55.7 Å². The molecule has 0 bridgehead atoms. The fourth-order valence-corrected chi connectivity index (χ4v) is 6.19. The number of nitrogens with zero attached hydrogens (tertiary/aromatic N) is 2. The summed E-state index contributed by atoms with van der Waals surface area (Å²) in [4.78, 5) is 4.06. The van der Waals surface area contributed by atoms with Gasteiger partial charge >= 0.3 is 0 Å². The smallest absolute Gasteiger partial charge is 0.217 e. The summed E-state index contributed by atoms with van der Waals surface area (Å²) in [5.41, 5.74) is 1.46. The van der Waals surface area contributed by atoms with Crippen molar-refractivity contribution in [2.75, 3.05) is 32.0 Å².